The maximum Gasteiger partial charge on any atom is 0.414 e. The number of hydrogen-bond donors (Lipinski definition) is 2. The molecule has 4 bridgehead atoms. The molecular formula is C42H50N8O12U2. The number of fused-ring (bicyclic) bond motifs is 4. The molecule has 5 rings (SSSR count). The van der Waals surface area contributed by atoms with Gasteiger partial charge in [0.2, 0.25) is 23.4 Å². The van der Waals surface area contributed by atoms with Crippen molar-refractivity contribution in [1.82, 2.24) is 9.97 Å². The van der Waals surface area contributed by atoms with Crippen molar-refractivity contribution in [2.75, 3.05) is 60.9 Å². The number of amides is 2. The molecule has 0 fully saturated rings. The number of hydrogen-bond acceptors (Lipinski definition) is 16. The molecule has 0 atom stereocenters. The Morgan fingerprint density at radius 3 is 2.33 bits per heavy atom. The molecule has 22 heteroatoms. The largest absolute Gasteiger partial charge is 0.493 e. The fraction of sp³-hybridized carbons (Fsp3) is 0.286. The minimum Gasteiger partial charge on any atom is -0.493 e. The maximum atomic E-state index is 12.8. The zero-order valence-corrected chi connectivity index (χ0v) is 43.6. The van der Waals surface area contributed by atoms with E-state index in [2.05, 4.69) is 23.1 Å². The Kier molecular flexibility index (Phi) is 23.1. The van der Waals surface area contributed by atoms with Gasteiger partial charge in [-0.25, -0.2) is 9.59 Å². The summed E-state index contributed by atoms with van der Waals surface area (Å²) in [7, 11) is 0. The summed E-state index contributed by atoms with van der Waals surface area (Å²) >= 11 is 0. The van der Waals surface area contributed by atoms with Gasteiger partial charge in [-0.1, -0.05) is 55.1 Å². The van der Waals surface area contributed by atoms with Gasteiger partial charge >= 0.3 is 23.6 Å². The van der Waals surface area contributed by atoms with E-state index in [4.69, 9.17) is 42.9 Å². The normalized spacial score (nSPS) is 12.2. The number of carbonyl (C=O) groups is 2. The predicted octanol–water partition coefficient (Wildman–Crippen LogP) is 7.95. The van der Waals surface area contributed by atoms with E-state index in [1.54, 1.807) is 74.5 Å². The standard InChI is InChI=1S/C22H26N4O6.C20H22N4O6.2U.H2/c1-4-7-12-31-17-10-8-9-16(13-17)15-25(22(27)30-6-3)18-14-19(32-11-5-2)24-21(23)20(18)26(28)29;1-2-28-20(25)23-13-14-7-6-8-15(11-14)29-9-4-3-5-10-30-17-12-16(23)18(24(26)27)19(21)22-17;;;/h4-5,8-10,13-14H,1-2,6-7,11-12,15H2,3H3,(H2,23,24);3,5-8,11-12H,2,4,9-10,13H2,1H3,(H2,21,22);;;1H/b;5-3+;;;/i;;;;1+2T. The molecule has 0 spiro atoms. The first-order valence-electron chi connectivity index (χ1n) is 20.2. The molecule has 0 saturated heterocycles. The smallest absolute Gasteiger partial charge is 0.414 e. The van der Waals surface area contributed by atoms with E-state index < -0.39 is 33.4 Å². The van der Waals surface area contributed by atoms with Crippen LogP contribution in [0.4, 0.5) is 44.0 Å². The third-order valence-electron chi connectivity index (χ3n) is 8.34. The van der Waals surface area contributed by atoms with Crippen LogP contribution in [0.1, 0.15) is 40.8 Å². The van der Waals surface area contributed by atoms with Gasteiger partial charge in [-0.3, -0.25) is 30.0 Å². The molecule has 2 aromatic carbocycles. The van der Waals surface area contributed by atoms with Crippen LogP contribution in [0.5, 0.6) is 23.3 Å². The Hall–Kier alpha value is -5.80. The van der Waals surface area contributed by atoms with Gasteiger partial charge in [-0.05, 0) is 62.1 Å². The number of nitrogens with two attached hydrogens (primary N) is 2. The average molecular weight is 1340 g/mol. The van der Waals surface area contributed by atoms with E-state index in [-0.39, 0.29) is 137 Å². The molecule has 1 aliphatic heterocycles. The molecule has 0 unspecified atom stereocenters. The summed E-state index contributed by atoms with van der Waals surface area (Å²) in [6.45, 7) is 11.8. The average Bonchev–Trinajstić information content (AvgIpc) is 3.27. The Labute approximate surface area is 420 Å². The van der Waals surface area contributed by atoms with E-state index >= 15 is 0 Å². The Morgan fingerprint density at radius 1 is 0.922 bits per heavy atom. The van der Waals surface area contributed by atoms with Crippen LogP contribution in [0.2, 0.25) is 0 Å². The van der Waals surface area contributed by atoms with E-state index in [0.29, 0.717) is 48.7 Å². The second-order valence-electron chi connectivity index (χ2n) is 12.8. The van der Waals surface area contributed by atoms with Gasteiger partial charge in [0.15, 0.2) is 0 Å². The quantitative estimate of drug-likeness (QED) is 0.0525. The minimum absolute atomic E-state index is 0. The first-order chi connectivity index (χ1) is 30.9. The number of benzene rings is 2. The van der Waals surface area contributed by atoms with Crippen molar-refractivity contribution in [3.63, 3.8) is 0 Å². The van der Waals surface area contributed by atoms with Crippen molar-refractivity contribution in [2.45, 2.75) is 39.8 Å². The van der Waals surface area contributed by atoms with Crippen molar-refractivity contribution < 1.29 is 113 Å². The molecule has 20 nitrogen and oxygen atoms in total. The first kappa shape index (κ1) is 52.5. The van der Waals surface area contributed by atoms with Crippen LogP contribution in [-0.2, 0) is 22.6 Å². The fourth-order valence-electron chi connectivity index (χ4n) is 5.67. The molecule has 4 aromatic rings. The molecule has 0 saturated carbocycles. The van der Waals surface area contributed by atoms with Crippen molar-refractivity contribution in [2.24, 2.45) is 0 Å². The van der Waals surface area contributed by atoms with E-state index in [1.807, 2.05) is 6.08 Å². The predicted molar refractivity (Wildman–Crippen MR) is 233 cm³/mol. The van der Waals surface area contributed by atoms with Crippen LogP contribution in [0.3, 0.4) is 0 Å². The summed E-state index contributed by atoms with van der Waals surface area (Å²) in [5, 5.41) is 23.4. The van der Waals surface area contributed by atoms with Gasteiger partial charge in [0.25, 0.3) is 0 Å². The van der Waals surface area contributed by atoms with Crippen LogP contribution in [0.25, 0.3) is 0 Å². The van der Waals surface area contributed by atoms with Crippen LogP contribution >= 0.6 is 0 Å². The third kappa shape index (κ3) is 16.1. The number of nitro groups is 2. The molecular weight excluding hydrogens is 1280 g/mol. The molecule has 0 radical (unpaired) electrons. The van der Waals surface area contributed by atoms with Crippen molar-refractivity contribution in [3.05, 3.63) is 129 Å². The first-order valence-corrected chi connectivity index (χ1v) is 19.2. The number of nitrogen functional groups attached to an aromatic ring is 2. The van der Waals surface area contributed by atoms with Gasteiger partial charge in [0, 0.05) is 77.3 Å². The van der Waals surface area contributed by atoms with Crippen LogP contribution in [0.15, 0.2) is 98.1 Å². The van der Waals surface area contributed by atoms with Crippen molar-refractivity contribution in [1.29, 1.82) is 0 Å². The van der Waals surface area contributed by atoms with E-state index in [0.717, 1.165) is 9.80 Å². The van der Waals surface area contributed by atoms with Gasteiger partial charge < -0.3 is 39.9 Å². The monoisotopic (exact) mass is 1340 g/mol. The number of rotatable bonds is 14. The molecule has 3 heterocycles. The fourth-order valence-corrected chi connectivity index (χ4v) is 5.67. The zero-order valence-electron chi connectivity index (χ0n) is 37.3. The molecule has 338 valence electrons. The Balaban J connectivity index is 0.000000619. The van der Waals surface area contributed by atoms with E-state index in [1.165, 1.54) is 18.2 Å². The Morgan fingerprint density at radius 2 is 1.64 bits per heavy atom. The van der Waals surface area contributed by atoms with Crippen LogP contribution < -0.4 is 40.2 Å². The number of aromatic nitrogens is 2. The number of carbonyl (C=O) groups excluding carboxylic acids is 2. The SMILES string of the molecule is C=CCCOc1cccc(CN(C(=O)OCC)c2cc(OCC=C)nc(N)c2[N+](=O)[O-])c1.CCOC(=O)N1Cc2cccc(c2)OCC/C=C/COc2cc1c([N+](=O)[O-])c(N)n2.[3H][3H].[U].[U]. The van der Waals surface area contributed by atoms with Gasteiger partial charge in [-0.2, -0.15) is 9.97 Å². The number of ether oxygens (including phenoxy) is 6. The summed E-state index contributed by atoms with van der Waals surface area (Å²) in [6, 6.07) is 16.8. The second-order valence-corrected chi connectivity index (χ2v) is 12.8. The third-order valence-corrected chi connectivity index (χ3v) is 8.34. The molecule has 0 aliphatic carbocycles. The van der Waals surface area contributed by atoms with E-state index in [9.17, 15) is 29.8 Å². The molecule has 2 aromatic heterocycles. The molecule has 2 amide bonds. The van der Waals surface area contributed by atoms with Gasteiger partial charge in [0.05, 0.1) is 49.4 Å². The Bertz CT molecular complexity index is 2280. The summed E-state index contributed by atoms with van der Waals surface area (Å²) in [5.41, 5.74) is 11.8. The maximum absolute atomic E-state index is 12.8. The number of pyridine rings is 2. The summed E-state index contributed by atoms with van der Waals surface area (Å²) in [5.74, 6) is 0.549. The minimum atomic E-state index is -0.783. The summed E-state index contributed by atoms with van der Waals surface area (Å²) in [4.78, 5) is 57.6. The zero-order chi connectivity index (χ0) is 47.0. The number of anilines is 4. The van der Waals surface area contributed by atoms with Crippen LogP contribution in [0, 0.1) is 82.5 Å². The molecule has 64 heavy (non-hydrogen) atoms. The summed E-state index contributed by atoms with van der Waals surface area (Å²) < 4.78 is 42.6. The second kappa shape index (κ2) is 28.1. The molecule has 1 aliphatic rings. The van der Waals surface area contributed by atoms with Crippen molar-refractivity contribution >= 4 is 46.6 Å². The van der Waals surface area contributed by atoms with Gasteiger partial charge in [-0.15, -0.1) is 6.58 Å². The molecule has 4 N–H and O–H groups in total. The van der Waals surface area contributed by atoms with Crippen molar-refractivity contribution in [3.8, 4) is 23.3 Å². The van der Waals surface area contributed by atoms with Gasteiger partial charge in [0.1, 0.15) is 36.1 Å². The topological polar surface area (TPSA) is 260 Å². The summed E-state index contributed by atoms with van der Waals surface area (Å²) in [6.07, 6.45) is 6.71. The number of nitrogens with zero attached hydrogens (tertiary/aromatic N) is 6. The van der Waals surface area contributed by atoms with Crippen LogP contribution in [-0.4, -0.2) is 71.6 Å².